The van der Waals surface area contributed by atoms with Crippen molar-refractivity contribution < 1.29 is 8.42 Å². The van der Waals surface area contributed by atoms with Crippen LogP contribution in [0.4, 0.5) is 0 Å². The number of hydrogen-bond acceptors (Lipinski definition) is 4. The summed E-state index contributed by atoms with van der Waals surface area (Å²) in [5.74, 6) is 0.129. The molecule has 100 valence electrons. The number of nitrogens with zero attached hydrogens (tertiary/aromatic N) is 3. The molecule has 2 aromatic heterocycles. The maximum Gasteiger partial charge on any atom is 0.266 e. The number of halogens is 2. The molecule has 1 fully saturated rings. The van der Waals surface area contributed by atoms with Crippen molar-refractivity contribution in [1.82, 2.24) is 14.8 Å². The second kappa shape index (κ2) is 4.47. The quantitative estimate of drug-likeness (QED) is 0.816. The SMILES string of the molecule is O=S(=O)(Cl)c1c(C2CC2)nn(-c2ccncc2)c1Cl. The van der Waals surface area contributed by atoms with Gasteiger partial charge in [0.15, 0.2) is 5.15 Å². The summed E-state index contributed by atoms with van der Waals surface area (Å²) in [5, 5.41) is 4.32. The van der Waals surface area contributed by atoms with Gasteiger partial charge in [-0.3, -0.25) is 4.98 Å². The first kappa shape index (κ1) is 12.9. The number of pyridine rings is 1. The van der Waals surface area contributed by atoms with Crippen LogP contribution in [0, 0.1) is 0 Å². The van der Waals surface area contributed by atoms with E-state index >= 15 is 0 Å². The lowest BCUT2D eigenvalue weighted by molar-refractivity contribution is 0.608. The van der Waals surface area contributed by atoms with Crippen molar-refractivity contribution in [2.45, 2.75) is 23.7 Å². The molecule has 0 bridgehead atoms. The van der Waals surface area contributed by atoms with Gasteiger partial charge in [0.25, 0.3) is 9.05 Å². The second-order valence-corrected chi connectivity index (χ2v) is 7.20. The van der Waals surface area contributed by atoms with Gasteiger partial charge in [0.05, 0.1) is 11.4 Å². The van der Waals surface area contributed by atoms with E-state index in [2.05, 4.69) is 10.1 Å². The van der Waals surface area contributed by atoms with Crippen LogP contribution >= 0.6 is 22.3 Å². The topological polar surface area (TPSA) is 64.8 Å². The molecule has 3 rings (SSSR count). The molecule has 0 unspecified atom stereocenters. The third-order valence-electron chi connectivity index (χ3n) is 2.93. The summed E-state index contributed by atoms with van der Waals surface area (Å²) < 4.78 is 24.7. The molecule has 2 aromatic rings. The van der Waals surface area contributed by atoms with Crippen LogP contribution in [0.1, 0.15) is 24.5 Å². The molecule has 5 nitrogen and oxygen atoms in total. The van der Waals surface area contributed by atoms with Crippen molar-refractivity contribution in [3.05, 3.63) is 35.4 Å². The molecule has 0 aliphatic heterocycles. The highest BCUT2D eigenvalue weighted by molar-refractivity contribution is 8.13. The molecule has 0 amide bonds. The van der Waals surface area contributed by atoms with E-state index in [1.165, 1.54) is 4.68 Å². The zero-order valence-corrected chi connectivity index (χ0v) is 12.0. The smallest absolute Gasteiger partial charge is 0.265 e. The molecule has 19 heavy (non-hydrogen) atoms. The van der Waals surface area contributed by atoms with E-state index < -0.39 is 9.05 Å². The molecule has 1 saturated carbocycles. The number of hydrogen-bond donors (Lipinski definition) is 0. The lowest BCUT2D eigenvalue weighted by atomic mass is 10.3. The molecule has 8 heteroatoms. The van der Waals surface area contributed by atoms with E-state index in [9.17, 15) is 8.42 Å². The summed E-state index contributed by atoms with van der Waals surface area (Å²) in [6.45, 7) is 0. The molecule has 0 N–H and O–H groups in total. The Bertz CT molecular complexity index is 724. The fourth-order valence-corrected chi connectivity index (χ4v) is 3.76. The largest absolute Gasteiger partial charge is 0.266 e. The number of rotatable bonds is 3. The van der Waals surface area contributed by atoms with E-state index in [0.717, 1.165) is 12.8 Å². The molecule has 0 spiro atoms. The first-order chi connectivity index (χ1) is 8.98. The molecule has 0 atom stereocenters. The van der Waals surface area contributed by atoms with Crippen molar-refractivity contribution in [2.24, 2.45) is 0 Å². The maximum absolute atomic E-state index is 11.7. The summed E-state index contributed by atoms with van der Waals surface area (Å²) in [7, 11) is 1.55. The van der Waals surface area contributed by atoms with Gasteiger partial charge in [-0.2, -0.15) is 5.10 Å². The van der Waals surface area contributed by atoms with E-state index in [0.29, 0.717) is 11.4 Å². The van der Waals surface area contributed by atoms with Gasteiger partial charge in [-0.25, -0.2) is 13.1 Å². The van der Waals surface area contributed by atoms with Gasteiger partial charge in [-0.1, -0.05) is 11.6 Å². The normalized spacial score (nSPS) is 15.7. The van der Waals surface area contributed by atoms with Gasteiger partial charge in [-0.05, 0) is 25.0 Å². The van der Waals surface area contributed by atoms with Gasteiger partial charge in [0.1, 0.15) is 4.90 Å². The molecule has 2 heterocycles. The highest BCUT2D eigenvalue weighted by Crippen LogP contribution is 2.45. The second-order valence-electron chi connectivity index (χ2n) is 4.33. The Kier molecular flexibility index (Phi) is 3.03. The van der Waals surface area contributed by atoms with Gasteiger partial charge < -0.3 is 0 Å². The Morgan fingerprint density at radius 2 is 1.89 bits per heavy atom. The summed E-state index contributed by atoms with van der Waals surface area (Å²) in [6.07, 6.45) is 4.98. The summed E-state index contributed by atoms with van der Waals surface area (Å²) in [5.41, 5.74) is 1.10. The van der Waals surface area contributed by atoms with Gasteiger partial charge >= 0.3 is 0 Å². The fourth-order valence-electron chi connectivity index (χ4n) is 1.90. The molecular formula is C11H9Cl2N3O2S. The highest BCUT2D eigenvalue weighted by atomic mass is 35.7. The predicted octanol–water partition coefficient (Wildman–Crippen LogP) is 2.73. The Labute approximate surface area is 119 Å². The third kappa shape index (κ3) is 2.35. The average molecular weight is 318 g/mol. The van der Waals surface area contributed by atoms with Crippen LogP contribution in [0.5, 0.6) is 0 Å². The van der Waals surface area contributed by atoms with Gasteiger partial charge in [0.2, 0.25) is 0 Å². The summed E-state index contributed by atoms with van der Waals surface area (Å²) in [6, 6.07) is 3.39. The Morgan fingerprint density at radius 1 is 1.26 bits per heavy atom. The van der Waals surface area contributed by atoms with Crippen molar-refractivity contribution in [2.75, 3.05) is 0 Å². The molecule has 1 aliphatic rings. The van der Waals surface area contributed by atoms with Crippen LogP contribution in [-0.4, -0.2) is 23.2 Å². The molecule has 0 saturated heterocycles. The molecular weight excluding hydrogens is 309 g/mol. The third-order valence-corrected chi connectivity index (χ3v) is 4.74. The van der Waals surface area contributed by atoms with Crippen LogP contribution in [0.2, 0.25) is 5.15 Å². The Hall–Kier alpha value is -1.11. The minimum Gasteiger partial charge on any atom is -0.265 e. The van der Waals surface area contributed by atoms with Gasteiger partial charge in [0, 0.05) is 29.0 Å². The van der Waals surface area contributed by atoms with Crippen molar-refractivity contribution in [1.29, 1.82) is 0 Å². The predicted molar refractivity (Wildman–Crippen MR) is 71.4 cm³/mol. The minimum absolute atomic E-state index is 0.0168. The molecule has 0 radical (unpaired) electrons. The molecule has 0 aromatic carbocycles. The van der Waals surface area contributed by atoms with Crippen molar-refractivity contribution in [3.63, 3.8) is 0 Å². The molecule has 1 aliphatic carbocycles. The zero-order valence-electron chi connectivity index (χ0n) is 9.62. The Balaban J connectivity index is 2.23. The highest BCUT2D eigenvalue weighted by Gasteiger charge is 2.36. The standard InChI is InChI=1S/C11H9Cl2N3O2S/c12-11-10(19(13,17)18)9(7-1-2-7)15-16(11)8-3-5-14-6-4-8/h3-7H,1-2H2. The zero-order chi connectivity index (χ0) is 13.6. The Morgan fingerprint density at radius 3 is 2.42 bits per heavy atom. The van der Waals surface area contributed by atoms with Crippen molar-refractivity contribution in [3.8, 4) is 5.69 Å². The van der Waals surface area contributed by atoms with Gasteiger partial charge in [-0.15, -0.1) is 0 Å². The lowest BCUT2D eigenvalue weighted by Gasteiger charge is -2.01. The van der Waals surface area contributed by atoms with Crippen molar-refractivity contribution >= 4 is 31.3 Å². The maximum atomic E-state index is 11.7. The van der Waals surface area contributed by atoms with Crippen LogP contribution in [0.25, 0.3) is 5.69 Å². The van der Waals surface area contributed by atoms with E-state index in [1.807, 2.05) is 0 Å². The van der Waals surface area contributed by atoms with E-state index in [1.54, 1.807) is 24.5 Å². The lowest BCUT2D eigenvalue weighted by Crippen LogP contribution is -1.97. The van der Waals surface area contributed by atoms with Crippen LogP contribution in [0.3, 0.4) is 0 Å². The van der Waals surface area contributed by atoms with E-state index in [-0.39, 0.29) is 16.0 Å². The van der Waals surface area contributed by atoms with Crippen LogP contribution < -0.4 is 0 Å². The monoisotopic (exact) mass is 317 g/mol. The number of aromatic nitrogens is 3. The summed E-state index contributed by atoms with van der Waals surface area (Å²) >= 11 is 6.14. The average Bonchev–Trinajstić information content (AvgIpc) is 3.13. The minimum atomic E-state index is -3.92. The van der Waals surface area contributed by atoms with Crippen LogP contribution in [0.15, 0.2) is 29.4 Å². The fraction of sp³-hybridized carbons (Fsp3) is 0.273. The van der Waals surface area contributed by atoms with E-state index in [4.69, 9.17) is 22.3 Å². The first-order valence-corrected chi connectivity index (χ1v) is 8.30. The van der Waals surface area contributed by atoms with Crippen LogP contribution in [-0.2, 0) is 9.05 Å². The first-order valence-electron chi connectivity index (χ1n) is 5.62. The summed E-state index contributed by atoms with van der Waals surface area (Å²) in [4.78, 5) is 3.82.